The van der Waals surface area contributed by atoms with Gasteiger partial charge in [0.2, 0.25) is 11.8 Å². The minimum atomic E-state index is -0.683. The summed E-state index contributed by atoms with van der Waals surface area (Å²) in [7, 11) is 0. The zero-order valence-electron chi connectivity index (χ0n) is 23.3. The van der Waals surface area contributed by atoms with E-state index in [1.807, 2.05) is 60.7 Å². The SMILES string of the molecule is C=CCC[C@H](Cc1ccccc1)C(=O)O[C@@H](CNC(=O)[C@H](CC=C)CC(=O)N1CCC[C@H]1CO)c1ccccc1. The number of hydrogen-bond acceptors (Lipinski definition) is 5. The van der Waals surface area contributed by atoms with Crippen LogP contribution in [0.4, 0.5) is 0 Å². The minimum absolute atomic E-state index is 0.0326. The third-order valence-corrected chi connectivity index (χ3v) is 7.42. The standard InChI is InChI=1S/C33H42N2O5/c1-3-5-16-28(21-25-14-8-6-9-15-25)33(39)40-30(26-17-10-7-11-18-26)23-34-32(38)27(13-4-2)22-31(37)35-20-12-19-29(35)24-36/h3-4,6-11,14-15,17-18,27-30,36H,1-2,5,12-13,16,19-24H2,(H,34,38)/t27-,28-,29+,30+/m1/s1. The van der Waals surface area contributed by atoms with E-state index in [1.54, 1.807) is 17.1 Å². The summed E-state index contributed by atoms with van der Waals surface area (Å²) in [4.78, 5) is 41.3. The van der Waals surface area contributed by atoms with Crippen LogP contribution in [0.15, 0.2) is 86.0 Å². The maximum absolute atomic E-state index is 13.4. The molecule has 0 radical (unpaired) electrons. The molecule has 0 saturated carbocycles. The van der Waals surface area contributed by atoms with Crippen molar-refractivity contribution in [3.63, 3.8) is 0 Å². The Balaban J connectivity index is 1.69. The van der Waals surface area contributed by atoms with Gasteiger partial charge in [-0.05, 0) is 49.7 Å². The Morgan fingerprint density at radius 2 is 1.73 bits per heavy atom. The number of carbonyl (C=O) groups excluding carboxylic acids is 3. The van der Waals surface area contributed by atoms with E-state index in [4.69, 9.17) is 4.74 Å². The van der Waals surface area contributed by atoms with Crippen LogP contribution in [0.3, 0.4) is 0 Å². The lowest BCUT2D eigenvalue weighted by atomic mass is 9.94. The van der Waals surface area contributed by atoms with Crippen LogP contribution in [-0.2, 0) is 25.5 Å². The minimum Gasteiger partial charge on any atom is -0.455 e. The highest BCUT2D eigenvalue weighted by Crippen LogP contribution is 2.24. The Morgan fingerprint density at radius 3 is 2.38 bits per heavy atom. The van der Waals surface area contributed by atoms with Crippen molar-refractivity contribution in [1.29, 1.82) is 0 Å². The summed E-state index contributed by atoms with van der Waals surface area (Å²) in [6.45, 7) is 8.15. The maximum Gasteiger partial charge on any atom is 0.309 e. The van der Waals surface area contributed by atoms with Gasteiger partial charge in [-0.3, -0.25) is 14.4 Å². The summed E-state index contributed by atoms with van der Waals surface area (Å²) in [6, 6.07) is 19.0. The molecule has 0 spiro atoms. The molecule has 40 heavy (non-hydrogen) atoms. The number of esters is 1. The zero-order chi connectivity index (χ0) is 28.7. The molecule has 7 heteroatoms. The van der Waals surface area contributed by atoms with E-state index >= 15 is 0 Å². The molecule has 1 aliphatic rings. The number of nitrogens with zero attached hydrogens (tertiary/aromatic N) is 1. The number of hydrogen-bond donors (Lipinski definition) is 2. The molecule has 0 bridgehead atoms. The van der Waals surface area contributed by atoms with Crippen LogP contribution in [0.1, 0.15) is 55.8 Å². The van der Waals surface area contributed by atoms with Crippen LogP contribution in [0.2, 0.25) is 0 Å². The lowest BCUT2D eigenvalue weighted by molar-refractivity contribution is -0.155. The van der Waals surface area contributed by atoms with Crippen molar-refractivity contribution < 1.29 is 24.2 Å². The Bertz CT molecular complexity index is 1100. The van der Waals surface area contributed by atoms with Gasteiger partial charge in [-0.15, -0.1) is 13.2 Å². The van der Waals surface area contributed by atoms with Crippen molar-refractivity contribution >= 4 is 17.8 Å². The van der Waals surface area contributed by atoms with E-state index in [-0.39, 0.29) is 49.3 Å². The maximum atomic E-state index is 13.4. The number of amides is 2. The number of nitrogens with one attached hydrogen (secondary N) is 1. The number of carbonyl (C=O) groups is 3. The van der Waals surface area contributed by atoms with Crippen molar-refractivity contribution in [3.8, 4) is 0 Å². The Kier molecular flexibility index (Phi) is 12.6. The van der Waals surface area contributed by atoms with Crippen molar-refractivity contribution in [2.24, 2.45) is 11.8 Å². The molecule has 0 aromatic heterocycles. The highest BCUT2D eigenvalue weighted by molar-refractivity contribution is 5.86. The lowest BCUT2D eigenvalue weighted by Crippen LogP contribution is -2.41. The average molecular weight is 547 g/mol. The average Bonchev–Trinajstić information content (AvgIpc) is 3.47. The predicted octanol–water partition coefficient (Wildman–Crippen LogP) is 4.78. The summed E-state index contributed by atoms with van der Waals surface area (Å²) in [5.41, 5.74) is 1.83. The van der Waals surface area contributed by atoms with E-state index < -0.39 is 12.0 Å². The number of ether oxygens (including phenoxy) is 1. The van der Waals surface area contributed by atoms with E-state index in [2.05, 4.69) is 18.5 Å². The molecule has 0 unspecified atom stereocenters. The van der Waals surface area contributed by atoms with Crippen LogP contribution in [0.25, 0.3) is 0 Å². The smallest absolute Gasteiger partial charge is 0.309 e. The summed E-state index contributed by atoms with van der Waals surface area (Å²) >= 11 is 0. The van der Waals surface area contributed by atoms with Gasteiger partial charge >= 0.3 is 5.97 Å². The number of benzene rings is 2. The van der Waals surface area contributed by atoms with Gasteiger partial charge in [0.1, 0.15) is 6.10 Å². The second-order valence-corrected chi connectivity index (χ2v) is 10.3. The topological polar surface area (TPSA) is 95.9 Å². The molecule has 0 aliphatic carbocycles. The quantitative estimate of drug-likeness (QED) is 0.233. The normalized spacial score (nSPS) is 16.9. The molecule has 1 fully saturated rings. The lowest BCUT2D eigenvalue weighted by Gasteiger charge is -2.26. The molecule has 2 N–H and O–H groups in total. The summed E-state index contributed by atoms with van der Waals surface area (Å²) < 4.78 is 6.04. The summed E-state index contributed by atoms with van der Waals surface area (Å²) in [6.07, 6.45) is 6.58. The first kappa shape index (κ1) is 30.8. The molecule has 1 aliphatic heterocycles. The molecule has 4 atom stereocenters. The molecule has 1 heterocycles. The molecule has 1 saturated heterocycles. The van der Waals surface area contributed by atoms with Crippen molar-refractivity contribution in [1.82, 2.24) is 10.2 Å². The molecular weight excluding hydrogens is 504 g/mol. The van der Waals surface area contributed by atoms with Gasteiger partial charge in [0.15, 0.2) is 0 Å². The Labute approximate surface area is 237 Å². The fourth-order valence-electron chi connectivity index (χ4n) is 5.16. The van der Waals surface area contributed by atoms with Crippen LogP contribution in [-0.4, -0.2) is 53.5 Å². The van der Waals surface area contributed by atoms with Crippen LogP contribution >= 0.6 is 0 Å². The van der Waals surface area contributed by atoms with Crippen molar-refractivity contribution in [2.45, 2.75) is 57.1 Å². The van der Waals surface area contributed by atoms with E-state index in [9.17, 15) is 19.5 Å². The van der Waals surface area contributed by atoms with Crippen LogP contribution in [0, 0.1) is 11.8 Å². The third-order valence-electron chi connectivity index (χ3n) is 7.42. The van der Waals surface area contributed by atoms with Gasteiger partial charge in [-0.1, -0.05) is 72.8 Å². The van der Waals surface area contributed by atoms with E-state index in [0.717, 1.165) is 24.0 Å². The zero-order valence-corrected chi connectivity index (χ0v) is 23.3. The van der Waals surface area contributed by atoms with Gasteiger partial charge in [0.05, 0.1) is 31.0 Å². The molecule has 2 aromatic carbocycles. The predicted molar refractivity (Wildman–Crippen MR) is 156 cm³/mol. The fraction of sp³-hybridized carbons (Fsp3) is 0.424. The monoisotopic (exact) mass is 546 g/mol. The van der Waals surface area contributed by atoms with E-state index in [1.165, 1.54) is 0 Å². The highest BCUT2D eigenvalue weighted by Gasteiger charge is 2.32. The van der Waals surface area contributed by atoms with Crippen molar-refractivity contribution in [2.75, 3.05) is 19.7 Å². The first-order valence-electron chi connectivity index (χ1n) is 14.2. The Hall–Kier alpha value is -3.71. The first-order valence-corrected chi connectivity index (χ1v) is 14.2. The largest absolute Gasteiger partial charge is 0.455 e. The van der Waals surface area contributed by atoms with Crippen LogP contribution in [0.5, 0.6) is 0 Å². The molecule has 3 rings (SSSR count). The number of rotatable bonds is 16. The van der Waals surface area contributed by atoms with Crippen molar-refractivity contribution in [3.05, 3.63) is 97.1 Å². The summed E-state index contributed by atoms with van der Waals surface area (Å²) in [5, 5.41) is 12.5. The first-order chi connectivity index (χ1) is 19.5. The molecule has 7 nitrogen and oxygen atoms in total. The van der Waals surface area contributed by atoms with Gasteiger partial charge in [-0.25, -0.2) is 0 Å². The molecule has 2 aromatic rings. The van der Waals surface area contributed by atoms with E-state index in [0.29, 0.717) is 32.2 Å². The molecule has 214 valence electrons. The number of aliphatic hydroxyl groups excluding tert-OH is 1. The van der Waals surface area contributed by atoms with Gasteiger partial charge in [0.25, 0.3) is 0 Å². The molecule has 2 amide bonds. The summed E-state index contributed by atoms with van der Waals surface area (Å²) in [5.74, 6) is -1.72. The second kappa shape index (κ2) is 16.4. The van der Waals surface area contributed by atoms with Gasteiger partial charge < -0.3 is 20.1 Å². The second-order valence-electron chi connectivity index (χ2n) is 10.3. The fourth-order valence-corrected chi connectivity index (χ4v) is 5.16. The Morgan fingerprint density at radius 1 is 1.02 bits per heavy atom. The molecular formula is C33H42N2O5. The number of likely N-dealkylation sites (tertiary alicyclic amines) is 1. The highest BCUT2D eigenvalue weighted by atomic mass is 16.5. The number of aliphatic hydroxyl groups is 1. The number of allylic oxidation sites excluding steroid dienone is 2. The third kappa shape index (κ3) is 9.19. The van der Waals surface area contributed by atoms with Crippen LogP contribution < -0.4 is 5.32 Å². The van der Waals surface area contributed by atoms with Gasteiger partial charge in [0, 0.05) is 13.0 Å². The van der Waals surface area contributed by atoms with Gasteiger partial charge in [-0.2, -0.15) is 0 Å².